The molecular weight excluding hydrogens is 447 g/mol. The molecule has 0 aliphatic rings. The first kappa shape index (κ1) is 19.8. The minimum atomic E-state index is 0.691. The van der Waals surface area contributed by atoms with Crippen molar-refractivity contribution in [2.45, 2.75) is 0 Å². The van der Waals surface area contributed by atoms with E-state index in [1.165, 1.54) is 0 Å². The number of thiazole rings is 1. The van der Waals surface area contributed by atoms with Crippen LogP contribution >= 0.6 is 34.5 Å². The van der Waals surface area contributed by atoms with Crippen molar-refractivity contribution >= 4 is 45.4 Å². The molecule has 0 atom stereocenters. The fourth-order valence-electron chi connectivity index (χ4n) is 3.21. The predicted octanol–water partition coefficient (Wildman–Crippen LogP) is 7.71. The highest BCUT2D eigenvalue weighted by molar-refractivity contribution is 7.14. The van der Waals surface area contributed by atoms with Gasteiger partial charge in [-0.1, -0.05) is 53.5 Å². The van der Waals surface area contributed by atoms with Gasteiger partial charge in [-0.3, -0.25) is 0 Å². The molecule has 7 heteroatoms. The number of hydrogen-bond donors (Lipinski definition) is 1. The SMILES string of the molecule is Clc1ccc(Nc2nc(-c3cn(-c4ccccc4)nc3-c3ccc(Cl)cc3)cs2)cc1. The second-order valence-electron chi connectivity index (χ2n) is 6.85. The normalized spacial score (nSPS) is 10.9. The number of nitrogens with zero attached hydrogens (tertiary/aromatic N) is 3. The highest BCUT2D eigenvalue weighted by Crippen LogP contribution is 2.35. The Morgan fingerprint density at radius 3 is 2.19 bits per heavy atom. The Hall–Kier alpha value is -3.12. The van der Waals surface area contributed by atoms with E-state index in [4.69, 9.17) is 33.3 Å². The van der Waals surface area contributed by atoms with Gasteiger partial charge in [-0.2, -0.15) is 5.10 Å². The first-order valence-corrected chi connectivity index (χ1v) is 11.2. The maximum atomic E-state index is 6.09. The van der Waals surface area contributed by atoms with Crippen LogP contribution in [0.1, 0.15) is 0 Å². The summed E-state index contributed by atoms with van der Waals surface area (Å²) in [5.74, 6) is 0. The Labute approximate surface area is 193 Å². The van der Waals surface area contributed by atoms with Gasteiger partial charge in [0, 0.05) is 38.4 Å². The lowest BCUT2D eigenvalue weighted by Crippen LogP contribution is -1.93. The number of nitrogens with one attached hydrogen (secondary N) is 1. The Morgan fingerprint density at radius 2 is 1.48 bits per heavy atom. The number of benzene rings is 3. The molecule has 2 heterocycles. The van der Waals surface area contributed by atoms with Gasteiger partial charge in [-0.15, -0.1) is 11.3 Å². The maximum absolute atomic E-state index is 6.09. The zero-order valence-electron chi connectivity index (χ0n) is 16.2. The third kappa shape index (κ3) is 4.35. The van der Waals surface area contributed by atoms with E-state index in [1.807, 2.05) is 95.1 Å². The van der Waals surface area contributed by atoms with Crippen LogP contribution in [-0.4, -0.2) is 14.8 Å². The van der Waals surface area contributed by atoms with E-state index in [2.05, 4.69) is 5.32 Å². The van der Waals surface area contributed by atoms with Crippen LogP contribution in [0.4, 0.5) is 10.8 Å². The van der Waals surface area contributed by atoms with E-state index in [-0.39, 0.29) is 0 Å². The molecule has 0 fully saturated rings. The molecule has 0 unspecified atom stereocenters. The van der Waals surface area contributed by atoms with Crippen molar-refractivity contribution < 1.29 is 0 Å². The second-order valence-corrected chi connectivity index (χ2v) is 8.58. The predicted molar refractivity (Wildman–Crippen MR) is 130 cm³/mol. The van der Waals surface area contributed by atoms with Gasteiger partial charge in [0.05, 0.1) is 11.4 Å². The maximum Gasteiger partial charge on any atom is 0.187 e. The molecule has 5 rings (SSSR count). The third-order valence-corrected chi connectivity index (χ3v) is 5.99. The lowest BCUT2D eigenvalue weighted by molar-refractivity contribution is 0.884. The van der Waals surface area contributed by atoms with Crippen LogP contribution in [0.25, 0.3) is 28.2 Å². The van der Waals surface area contributed by atoms with Gasteiger partial charge in [0.1, 0.15) is 5.69 Å². The van der Waals surface area contributed by atoms with Gasteiger partial charge in [0.25, 0.3) is 0 Å². The summed E-state index contributed by atoms with van der Waals surface area (Å²) in [5.41, 5.74) is 5.56. The molecule has 3 aromatic carbocycles. The van der Waals surface area contributed by atoms with Crippen LogP contribution in [0.2, 0.25) is 10.0 Å². The molecule has 0 radical (unpaired) electrons. The monoisotopic (exact) mass is 462 g/mol. The Balaban J connectivity index is 1.54. The van der Waals surface area contributed by atoms with Gasteiger partial charge in [-0.25, -0.2) is 9.67 Å². The summed E-state index contributed by atoms with van der Waals surface area (Å²) in [6, 6.07) is 25.3. The highest BCUT2D eigenvalue weighted by atomic mass is 35.5. The minimum absolute atomic E-state index is 0.691. The molecule has 0 bridgehead atoms. The van der Waals surface area contributed by atoms with Crippen LogP contribution in [0.15, 0.2) is 90.4 Å². The molecule has 5 aromatic rings. The summed E-state index contributed by atoms with van der Waals surface area (Å²) < 4.78 is 1.88. The van der Waals surface area contributed by atoms with Crippen LogP contribution in [0.3, 0.4) is 0 Å². The molecule has 31 heavy (non-hydrogen) atoms. The van der Waals surface area contributed by atoms with E-state index in [1.54, 1.807) is 11.3 Å². The van der Waals surface area contributed by atoms with E-state index in [9.17, 15) is 0 Å². The molecular formula is C24H16Cl2N4S. The second kappa shape index (κ2) is 8.55. The number of rotatable bonds is 5. The molecule has 4 nitrogen and oxygen atoms in total. The van der Waals surface area contributed by atoms with Gasteiger partial charge >= 0.3 is 0 Å². The van der Waals surface area contributed by atoms with Gasteiger partial charge in [0.15, 0.2) is 5.13 Å². The lowest BCUT2D eigenvalue weighted by Gasteiger charge is -2.02. The fourth-order valence-corrected chi connectivity index (χ4v) is 4.19. The zero-order chi connectivity index (χ0) is 21.2. The first-order chi connectivity index (χ1) is 15.2. The summed E-state index contributed by atoms with van der Waals surface area (Å²) in [6.07, 6.45) is 2.01. The van der Waals surface area contributed by atoms with E-state index in [0.29, 0.717) is 10.0 Å². The number of anilines is 2. The molecule has 0 saturated carbocycles. The summed E-state index contributed by atoms with van der Waals surface area (Å²) >= 11 is 13.6. The number of aromatic nitrogens is 3. The molecule has 0 saturated heterocycles. The fraction of sp³-hybridized carbons (Fsp3) is 0. The summed E-state index contributed by atoms with van der Waals surface area (Å²) in [4.78, 5) is 4.80. The summed E-state index contributed by atoms with van der Waals surface area (Å²) in [6.45, 7) is 0. The first-order valence-electron chi connectivity index (χ1n) is 9.55. The minimum Gasteiger partial charge on any atom is -0.332 e. The Bertz CT molecular complexity index is 1310. The largest absolute Gasteiger partial charge is 0.332 e. The zero-order valence-corrected chi connectivity index (χ0v) is 18.5. The molecule has 0 amide bonds. The smallest absolute Gasteiger partial charge is 0.187 e. The van der Waals surface area contributed by atoms with Crippen LogP contribution in [0, 0.1) is 0 Å². The van der Waals surface area contributed by atoms with E-state index >= 15 is 0 Å². The van der Waals surface area contributed by atoms with Crippen molar-refractivity contribution in [1.29, 1.82) is 0 Å². The molecule has 0 aliphatic carbocycles. The number of halogens is 2. The molecule has 2 aromatic heterocycles. The van der Waals surface area contributed by atoms with Crippen molar-refractivity contribution in [2.24, 2.45) is 0 Å². The average molecular weight is 463 g/mol. The Morgan fingerprint density at radius 1 is 0.806 bits per heavy atom. The van der Waals surface area contributed by atoms with Gasteiger partial charge in [-0.05, 0) is 48.5 Å². The summed E-state index contributed by atoms with van der Waals surface area (Å²) in [7, 11) is 0. The van der Waals surface area contributed by atoms with Crippen molar-refractivity contribution in [3.8, 4) is 28.2 Å². The molecule has 0 spiro atoms. The van der Waals surface area contributed by atoms with Crippen LogP contribution in [0.5, 0.6) is 0 Å². The van der Waals surface area contributed by atoms with Crippen molar-refractivity contribution in [3.05, 3.63) is 100 Å². The number of hydrogen-bond acceptors (Lipinski definition) is 4. The van der Waals surface area contributed by atoms with Crippen molar-refractivity contribution in [1.82, 2.24) is 14.8 Å². The van der Waals surface area contributed by atoms with Crippen LogP contribution in [-0.2, 0) is 0 Å². The van der Waals surface area contributed by atoms with E-state index in [0.717, 1.165) is 39.0 Å². The molecule has 1 N–H and O–H groups in total. The molecule has 0 aliphatic heterocycles. The van der Waals surface area contributed by atoms with Gasteiger partial charge < -0.3 is 5.32 Å². The Kier molecular flexibility index (Phi) is 5.47. The third-order valence-electron chi connectivity index (χ3n) is 4.73. The van der Waals surface area contributed by atoms with E-state index < -0.39 is 0 Å². The van der Waals surface area contributed by atoms with Gasteiger partial charge in [0.2, 0.25) is 0 Å². The topological polar surface area (TPSA) is 42.7 Å². The molecule has 152 valence electrons. The standard InChI is InChI=1S/C24H16Cl2N4S/c25-17-8-6-16(7-9-17)23-21(14-30(29-23)20-4-2-1-3-5-20)22-15-31-24(28-22)27-19-12-10-18(26)11-13-19/h1-15H,(H,27,28). The summed E-state index contributed by atoms with van der Waals surface area (Å²) in [5, 5.41) is 12.4. The quantitative estimate of drug-likeness (QED) is 0.290. The number of para-hydroxylation sites is 1. The highest BCUT2D eigenvalue weighted by Gasteiger charge is 2.17. The van der Waals surface area contributed by atoms with Crippen LogP contribution < -0.4 is 5.32 Å². The van der Waals surface area contributed by atoms with Crippen molar-refractivity contribution in [2.75, 3.05) is 5.32 Å². The van der Waals surface area contributed by atoms with Crippen molar-refractivity contribution in [3.63, 3.8) is 0 Å². The average Bonchev–Trinajstić information content (AvgIpc) is 3.44. The lowest BCUT2D eigenvalue weighted by atomic mass is 10.1.